The van der Waals surface area contributed by atoms with Crippen LogP contribution in [0.15, 0.2) is 12.7 Å². The van der Waals surface area contributed by atoms with Gasteiger partial charge in [0.1, 0.15) is 36.3 Å². The summed E-state index contributed by atoms with van der Waals surface area (Å²) in [5, 5.41) is 26.7. The van der Waals surface area contributed by atoms with E-state index in [1.165, 1.54) is 97.3 Å². The highest BCUT2D eigenvalue weighted by molar-refractivity contribution is 8.13. The van der Waals surface area contributed by atoms with Crippen molar-refractivity contribution in [2.24, 2.45) is 5.41 Å². The van der Waals surface area contributed by atoms with Gasteiger partial charge in [0, 0.05) is 37.1 Å². The van der Waals surface area contributed by atoms with E-state index in [1.807, 2.05) is 0 Å². The summed E-state index contributed by atoms with van der Waals surface area (Å²) in [6.45, 7) is 2.83. The van der Waals surface area contributed by atoms with Gasteiger partial charge in [0.15, 0.2) is 22.8 Å². The molecule has 68 heavy (non-hydrogen) atoms. The number of anilines is 1. The van der Waals surface area contributed by atoms with E-state index in [0.717, 1.165) is 48.2 Å². The molecule has 1 fully saturated rings. The third-order valence-corrected chi connectivity index (χ3v) is 15.0. The number of thioether (sulfide) groups is 1. The van der Waals surface area contributed by atoms with Crippen LogP contribution >= 0.6 is 35.2 Å². The highest BCUT2D eigenvalue weighted by atomic mass is 32.2. The molecule has 2 aromatic heterocycles. The summed E-state index contributed by atoms with van der Waals surface area (Å²) in [7, 11) is -16.4. The number of nitrogens with one attached hydrogen (secondary N) is 2. The molecule has 1 aliphatic rings. The summed E-state index contributed by atoms with van der Waals surface area (Å²) < 4.78 is 62.5. The van der Waals surface area contributed by atoms with Crippen molar-refractivity contribution in [3.8, 4) is 0 Å². The minimum absolute atomic E-state index is 0.0341. The number of carbonyl (C=O) groups is 3. The number of hydrogen-bond donors (Lipinski definition) is 9. The van der Waals surface area contributed by atoms with E-state index in [-0.39, 0.29) is 41.6 Å². The molecule has 0 aromatic carbocycles. The maximum Gasteiger partial charge on any atom is 0.481 e. The average Bonchev–Trinajstić information content (AvgIpc) is 3.83. The number of aromatic nitrogens is 4. The SMILES string of the molecule is CCCCCCCCCCCCCCCCCCC(=O)SCCNC(=O)CCNC(=O)C(O)C(C)(C)COP(=O)(O)OP(=O)(O)OC[C@H]1O[C@@H](n2cnc3c(N)ncnc32)[C@H](O)[C@@H]1OP(=O)(O)O. The Bertz CT molecular complexity index is 2010. The third-order valence-electron chi connectivity index (χ3n) is 11.0. The van der Waals surface area contributed by atoms with Crippen molar-refractivity contribution in [3.63, 3.8) is 0 Å². The predicted octanol–water partition coefficient (Wildman–Crippen LogP) is 5.32. The lowest BCUT2D eigenvalue weighted by Gasteiger charge is -2.30. The van der Waals surface area contributed by atoms with Gasteiger partial charge >= 0.3 is 23.5 Å². The summed E-state index contributed by atoms with van der Waals surface area (Å²) in [5.74, 6) is -1.02. The first-order valence-corrected chi connectivity index (χ1v) is 28.6. The zero-order valence-corrected chi connectivity index (χ0v) is 42.6. The standard InChI is InChI=1S/C40H72N7O17P3S/c1-4-5-6-7-8-9-10-11-12-13-14-15-16-17-18-19-20-31(49)68-24-23-42-30(48)21-22-43-38(52)35(51)40(2,3)26-61-67(58,59)64-66(56,57)60-25-29-34(63-65(53,54)55)33(50)39(62-29)47-28-46-32-36(41)44-27-45-37(32)47/h27-29,33-35,39,50-51H,4-26H2,1-3H3,(H,42,48)(H,43,52)(H,56,57)(H,58,59)(H2,41,44,45)(H2,53,54,55)/t29-,33-,34-,35?,39-/m1/s1. The van der Waals surface area contributed by atoms with E-state index in [2.05, 4.69) is 41.3 Å². The fourth-order valence-corrected chi connectivity index (χ4v) is 10.7. The fourth-order valence-electron chi connectivity index (χ4n) is 7.18. The van der Waals surface area contributed by atoms with Crippen LogP contribution in [0.2, 0.25) is 0 Å². The number of fused-ring (bicyclic) bond motifs is 1. The molecular formula is C40H72N7O17P3S. The molecule has 0 saturated carbocycles. The number of nitrogens with zero attached hydrogens (tertiary/aromatic N) is 4. The second-order valence-corrected chi connectivity index (χ2v) is 22.7. The molecule has 0 bridgehead atoms. The number of nitrogens with two attached hydrogens (primary N) is 1. The molecule has 3 rings (SSSR count). The maximum atomic E-state index is 12.7. The molecule has 1 saturated heterocycles. The van der Waals surface area contributed by atoms with E-state index in [0.29, 0.717) is 12.2 Å². The summed E-state index contributed by atoms with van der Waals surface area (Å²) in [5.41, 5.74) is 4.29. The Morgan fingerprint density at radius 1 is 0.838 bits per heavy atom. The first-order valence-electron chi connectivity index (χ1n) is 23.1. The molecule has 10 N–H and O–H groups in total. The van der Waals surface area contributed by atoms with Crippen LogP contribution < -0.4 is 16.4 Å². The van der Waals surface area contributed by atoms with Gasteiger partial charge in [0.2, 0.25) is 11.8 Å². The van der Waals surface area contributed by atoms with Gasteiger partial charge in [-0.1, -0.05) is 129 Å². The van der Waals surface area contributed by atoms with Gasteiger partial charge in [-0.15, -0.1) is 0 Å². The Labute approximate surface area is 401 Å². The Hall–Kier alpha value is -2.44. The molecule has 0 spiro atoms. The Balaban J connectivity index is 1.28. The van der Waals surface area contributed by atoms with Crippen LogP contribution in [0, 0.1) is 5.41 Å². The number of rotatable bonds is 36. The van der Waals surface area contributed by atoms with Crippen molar-refractivity contribution in [2.75, 3.05) is 37.8 Å². The summed E-state index contributed by atoms with van der Waals surface area (Å²) in [6, 6.07) is 0. The first-order chi connectivity index (χ1) is 32.1. The number of carbonyl (C=O) groups excluding carboxylic acids is 3. The van der Waals surface area contributed by atoms with Crippen molar-refractivity contribution in [1.82, 2.24) is 30.2 Å². The number of nitrogen functional groups attached to an aromatic ring is 1. The molecule has 28 heteroatoms. The van der Waals surface area contributed by atoms with Gasteiger partial charge in [-0.25, -0.2) is 28.6 Å². The quantitative estimate of drug-likeness (QED) is 0.0308. The van der Waals surface area contributed by atoms with Crippen molar-refractivity contribution >= 4 is 69.1 Å². The molecule has 0 aliphatic carbocycles. The molecule has 0 radical (unpaired) electrons. The van der Waals surface area contributed by atoms with Crippen LogP contribution in [0.4, 0.5) is 5.82 Å². The molecule has 2 amide bonds. The van der Waals surface area contributed by atoms with Crippen LogP contribution in [0.1, 0.15) is 143 Å². The van der Waals surface area contributed by atoms with E-state index in [4.69, 9.17) is 19.5 Å². The Morgan fingerprint density at radius 3 is 2.00 bits per heavy atom. The third kappa shape index (κ3) is 22.3. The van der Waals surface area contributed by atoms with E-state index < -0.39 is 84.6 Å². The van der Waals surface area contributed by atoms with Crippen LogP contribution in [0.3, 0.4) is 0 Å². The number of ether oxygens (including phenoxy) is 1. The molecule has 3 unspecified atom stereocenters. The Kier molecular flexibility index (Phi) is 26.2. The van der Waals surface area contributed by atoms with Crippen LogP contribution in [0.5, 0.6) is 0 Å². The molecule has 390 valence electrons. The summed E-state index contributed by atoms with van der Waals surface area (Å²) >= 11 is 1.16. The number of aliphatic hydroxyl groups excluding tert-OH is 2. The summed E-state index contributed by atoms with van der Waals surface area (Å²) in [6.07, 6.45) is 13.8. The van der Waals surface area contributed by atoms with Crippen molar-refractivity contribution in [2.45, 2.75) is 167 Å². The largest absolute Gasteiger partial charge is 0.481 e. The van der Waals surface area contributed by atoms with Gasteiger partial charge in [0.05, 0.1) is 19.5 Å². The zero-order valence-electron chi connectivity index (χ0n) is 39.1. The highest BCUT2D eigenvalue weighted by Gasteiger charge is 2.50. The van der Waals surface area contributed by atoms with Gasteiger partial charge < -0.3 is 50.9 Å². The lowest BCUT2D eigenvalue weighted by Crippen LogP contribution is -2.46. The van der Waals surface area contributed by atoms with E-state index >= 15 is 0 Å². The molecule has 24 nitrogen and oxygen atoms in total. The average molecular weight is 1050 g/mol. The van der Waals surface area contributed by atoms with Crippen LogP contribution in [-0.2, 0) is 50.7 Å². The zero-order chi connectivity index (χ0) is 50.4. The number of amides is 2. The number of phosphoric ester groups is 3. The monoisotopic (exact) mass is 1050 g/mol. The minimum Gasteiger partial charge on any atom is -0.386 e. The first kappa shape index (κ1) is 59.9. The second-order valence-electron chi connectivity index (χ2n) is 17.3. The number of unbranched alkanes of at least 4 members (excludes halogenated alkanes) is 15. The lowest BCUT2D eigenvalue weighted by atomic mass is 9.87. The number of aliphatic hydroxyl groups is 2. The maximum absolute atomic E-state index is 12.7. The highest BCUT2D eigenvalue weighted by Crippen LogP contribution is 2.61. The minimum atomic E-state index is -5.57. The smallest absolute Gasteiger partial charge is 0.386 e. The van der Waals surface area contributed by atoms with Crippen LogP contribution in [0.25, 0.3) is 11.2 Å². The molecular weight excluding hydrogens is 975 g/mol. The van der Waals surface area contributed by atoms with Crippen molar-refractivity contribution < 1.29 is 80.5 Å². The second kappa shape index (κ2) is 29.8. The molecule has 1 aliphatic heterocycles. The number of phosphoric acid groups is 3. The number of imidazole rings is 1. The molecule has 2 aromatic rings. The van der Waals surface area contributed by atoms with Crippen LogP contribution in [-0.4, -0.2) is 123 Å². The summed E-state index contributed by atoms with van der Waals surface area (Å²) in [4.78, 5) is 88.4. The topological polar surface area (TPSA) is 364 Å². The number of hydrogen-bond acceptors (Lipinski definition) is 18. The van der Waals surface area contributed by atoms with Crippen molar-refractivity contribution in [3.05, 3.63) is 12.7 Å². The van der Waals surface area contributed by atoms with Crippen molar-refractivity contribution in [1.29, 1.82) is 0 Å². The molecule has 3 heterocycles. The van der Waals surface area contributed by atoms with E-state index in [1.54, 1.807) is 0 Å². The van der Waals surface area contributed by atoms with Gasteiger partial charge in [0.25, 0.3) is 0 Å². The Morgan fingerprint density at radius 2 is 1.41 bits per heavy atom. The predicted molar refractivity (Wildman–Crippen MR) is 251 cm³/mol. The normalized spacial score (nSPS) is 20.0. The van der Waals surface area contributed by atoms with Gasteiger partial charge in [-0.2, -0.15) is 4.31 Å². The molecule has 7 atom stereocenters. The lowest BCUT2D eigenvalue weighted by molar-refractivity contribution is -0.137. The van der Waals surface area contributed by atoms with Gasteiger partial charge in [-0.3, -0.25) is 32.5 Å². The fraction of sp³-hybridized carbons (Fsp3) is 0.800. The van der Waals surface area contributed by atoms with Gasteiger partial charge in [-0.05, 0) is 6.42 Å². The van der Waals surface area contributed by atoms with E-state index in [9.17, 15) is 57.9 Å².